The van der Waals surface area contributed by atoms with Crippen LogP contribution in [0.5, 0.6) is 0 Å². The maximum absolute atomic E-state index is 13.8. The van der Waals surface area contributed by atoms with Gasteiger partial charge < -0.3 is 15.5 Å². The molecule has 8 nitrogen and oxygen atoms in total. The summed E-state index contributed by atoms with van der Waals surface area (Å²) < 4.78 is 13.8. The van der Waals surface area contributed by atoms with Crippen molar-refractivity contribution in [2.45, 2.75) is 38.3 Å². The number of anilines is 1. The first-order valence-electron chi connectivity index (χ1n) is 9.26. The van der Waals surface area contributed by atoms with E-state index in [0.29, 0.717) is 29.8 Å². The lowest BCUT2D eigenvalue weighted by Gasteiger charge is -2.37. The van der Waals surface area contributed by atoms with Crippen molar-refractivity contribution in [2.24, 2.45) is 0 Å². The molecule has 1 aliphatic heterocycles. The van der Waals surface area contributed by atoms with Gasteiger partial charge in [0.05, 0.1) is 17.3 Å². The van der Waals surface area contributed by atoms with E-state index in [-0.39, 0.29) is 30.0 Å². The van der Waals surface area contributed by atoms with Gasteiger partial charge in [-0.2, -0.15) is 10.4 Å². The van der Waals surface area contributed by atoms with Gasteiger partial charge in [0.2, 0.25) is 5.91 Å². The molecule has 29 heavy (non-hydrogen) atoms. The number of hydrogen-bond donors (Lipinski definition) is 2. The van der Waals surface area contributed by atoms with E-state index in [4.69, 9.17) is 5.26 Å². The molecule has 1 spiro atoms. The number of benzene rings is 1. The van der Waals surface area contributed by atoms with Crippen molar-refractivity contribution >= 4 is 17.6 Å². The molecule has 9 heteroatoms. The summed E-state index contributed by atoms with van der Waals surface area (Å²) >= 11 is 0. The molecule has 0 unspecified atom stereocenters. The molecule has 1 saturated carbocycles. The van der Waals surface area contributed by atoms with Crippen LogP contribution in [0, 0.1) is 24.1 Å². The predicted octanol–water partition coefficient (Wildman–Crippen LogP) is 2.51. The Hall–Kier alpha value is -3.54. The summed E-state index contributed by atoms with van der Waals surface area (Å²) in [6.07, 6.45) is 1.36. The van der Waals surface area contributed by atoms with E-state index in [1.165, 1.54) is 17.0 Å². The Labute approximate surface area is 166 Å². The van der Waals surface area contributed by atoms with Crippen LogP contribution in [-0.4, -0.2) is 33.6 Å². The number of aromatic nitrogens is 2. The van der Waals surface area contributed by atoms with Crippen LogP contribution in [0.3, 0.4) is 0 Å². The molecule has 0 radical (unpaired) electrons. The van der Waals surface area contributed by atoms with E-state index < -0.39 is 11.6 Å². The Kier molecular flexibility index (Phi) is 4.42. The number of halogens is 1. The average molecular weight is 394 g/mol. The van der Waals surface area contributed by atoms with Gasteiger partial charge >= 0.3 is 6.03 Å². The third-order valence-corrected chi connectivity index (χ3v) is 5.44. The van der Waals surface area contributed by atoms with Gasteiger partial charge in [0.15, 0.2) is 5.69 Å². The van der Waals surface area contributed by atoms with E-state index in [1.54, 1.807) is 26.0 Å². The van der Waals surface area contributed by atoms with Gasteiger partial charge in [-0.1, -0.05) is 0 Å². The summed E-state index contributed by atoms with van der Waals surface area (Å²) in [6.45, 7) is 3.39. The molecular weight excluding hydrogens is 375 g/mol. The second-order valence-corrected chi connectivity index (χ2v) is 7.44. The molecule has 1 fully saturated rings. The lowest BCUT2D eigenvalue weighted by Crippen LogP contribution is -2.51. The Morgan fingerprint density at radius 3 is 2.83 bits per heavy atom. The van der Waals surface area contributed by atoms with Crippen molar-refractivity contribution in [3.05, 3.63) is 52.6 Å². The van der Waals surface area contributed by atoms with Crippen molar-refractivity contribution in [3.8, 4) is 6.07 Å². The molecule has 2 N–H and O–H groups in total. The van der Waals surface area contributed by atoms with Crippen LogP contribution in [0.1, 0.15) is 48.3 Å². The quantitative estimate of drug-likeness (QED) is 0.828. The number of urea groups is 1. The molecule has 1 aromatic carbocycles. The average Bonchev–Trinajstić information content (AvgIpc) is 3.47. The number of carbonyl (C=O) groups excluding carboxylic acids is 2. The summed E-state index contributed by atoms with van der Waals surface area (Å²) in [5.41, 5.74) is 2.15. The predicted molar refractivity (Wildman–Crippen MR) is 101 cm³/mol. The number of nitriles is 1. The first kappa shape index (κ1) is 18.8. The van der Waals surface area contributed by atoms with Crippen molar-refractivity contribution in [1.29, 1.82) is 5.26 Å². The van der Waals surface area contributed by atoms with Gasteiger partial charge in [-0.05, 0) is 56.5 Å². The van der Waals surface area contributed by atoms with Crippen LogP contribution in [0.15, 0.2) is 24.3 Å². The monoisotopic (exact) mass is 394 g/mol. The standard InChI is InChI=1S/C20H19FN6O2/c1-11-7-14(9-22)25-26-18(11)12(2)23-17(28)10-27-19(29)24-16-4-3-13(21)8-15(16)20(27)5-6-20/h3-4,7-8,12H,5-6,10H2,1-2H3,(H,23,28)(H,24,29)/t12-/m0/s1. The molecule has 3 amide bonds. The fraction of sp³-hybridized carbons (Fsp3) is 0.350. The molecule has 1 aromatic heterocycles. The molecule has 2 aliphatic rings. The number of hydrogen-bond acceptors (Lipinski definition) is 5. The minimum Gasteiger partial charge on any atom is -0.346 e. The highest BCUT2D eigenvalue weighted by molar-refractivity contribution is 5.97. The van der Waals surface area contributed by atoms with Gasteiger partial charge in [-0.15, -0.1) is 5.10 Å². The minimum absolute atomic E-state index is 0.158. The molecular formula is C20H19FN6O2. The fourth-order valence-electron chi connectivity index (χ4n) is 3.89. The molecule has 2 heterocycles. The molecule has 0 bridgehead atoms. The number of rotatable bonds is 4. The number of amides is 3. The van der Waals surface area contributed by atoms with E-state index in [0.717, 1.165) is 5.56 Å². The summed E-state index contributed by atoms with van der Waals surface area (Å²) in [5, 5.41) is 22.3. The normalized spacial score (nSPS) is 17.2. The topological polar surface area (TPSA) is 111 Å². The Balaban J connectivity index is 1.50. The van der Waals surface area contributed by atoms with E-state index in [2.05, 4.69) is 20.8 Å². The van der Waals surface area contributed by atoms with Crippen LogP contribution in [0.25, 0.3) is 0 Å². The molecule has 4 rings (SSSR count). The SMILES string of the molecule is Cc1cc(C#N)nnc1[C@H](C)NC(=O)CN1C(=O)Nc2ccc(F)cc2C12CC2. The van der Waals surface area contributed by atoms with Crippen LogP contribution >= 0.6 is 0 Å². The van der Waals surface area contributed by atoms with Gasteiger partial charge in [0, 0.05) is 11.3 Å². The fourth-order valence-corrected chi connectivity index (χ4v) is 3.89. The molecule has 1 atom stereocenters. The third kappa shape index (κ3) is 3.27. The third-order valence-electron chi connectivity index (χ3n) is 5.44. The Morgan fingerprint density at radius 2 is 2.17 bits per heavy atom. The number of fused-ring (bicyclic) bond motifs is 2. The van der Waals surface area contributed by atoms with Crippen molar-refractivity contribution in [1.82, 2.24) is 20.4 Å². The number of nitrogens with one attached hydrogen (secondary N) is 2. The minimum atomic E-state index is -0.634. The molecule has 2 aromatic rings. The molecule has 1 aliphatic carbocycles. The van der Waals surface area contributed by atoms with Gasteiger partial charge in [-0.3, -0.25) is 4.79 Å². The maximum Gasteiger partial charge on any atom is 0.323 e. The van der Waals surface area contributed by atoms with Crippen LogP contribution in [0.4, 0.5) is 14.9 Å². The lowest BCUT2D eigenvalue weighted by molar-refractivity contribution is -0.123. The zero-order chi connectivity index (χ0) is 20.8. The molecule has 148 valence electrons. The number of nitrogens with zero attached hydrogens (tertiary/aromatic N) is 4. The van der Waals surface area contributed by atoms with Gasteiger partial charge in [-0.25, -0.2) is 9.18 Å². The summed E-state index contributed by atoms with van der Waals surface area (Å²) in [4.78, 5) is 26.7. The highest BCUT2D eigenvalue weighted by Gasteiger charge is 2.55. The van der Waals surface area contributed by atoms with Crippen molar-refractivity contribution in [2.75, 3.05) is 11.9 Å². The molecule has 0 saturated heterocycles. The largest absolute Gasteiger partial charge is 0.346 e. The number of carbonyl (C=O) groups is 2. The first-order valence-corrected chi connectivity index (χ1v) is 9.26. The van der Waals surface area contributed by atoms with Crippen molar-refractivity contribution < 1.29 is 14.0 Å². The number of aryl methyl sites for hydroxylation is 1. The Bertz CT molecular complexity index is 1060. The summed E-state index contributed by atoms with van der Waals surface area (Å²) in [5.74, 6) is -0.733. The van der Waals surface area contributed by atoms with E-state index >= 15 is 0 Å². The van der Waals surface area contributed by atoms with Crippen LogP contribution in [0.2, 0.25) is 0 Å². The zero-order valence-electron chi connectivity index (χ0n) is 16.0. The lowest BCUT2D eigenvalue weighted by atomic mass is 9.98. The first-order chi connectivity index (χ1) is 13.8. The summed E-state index contributed by atoms with van der Waals surface area (Å²) in [7, 11) is 0. The second kappa shape index (κ2) is 6.81. The highest BCUT2D eigenvalue weighted by Crippen LogP contribution is 2.55. The van der Waals surface area contributed by atoms with Crippen LogP contribution < -0.4 is 10.6 Å². The van der Waals surface area contributed by atoms with Gasteiger partial charge in [0.25, 0.3) is 0 Å². The van der Waals surface area contributed by atoms with Crippen LogP contribution in [-0.2, 0) is 10.3 Å². The Morgan fingerprint density at radius 1 is 1.41 bits per heavy atom. The zero-order valence-corrected chi connectivity index (χ0v) is 16.0. The van der Waals surface area contributed by atoms with E-state index in [9.17, 15) is 14.0 Å². The van der Waals surface area contributed by atoms with Crippen molar-refractivity contribution in [3.63, 3.8) is 0 Å². The smallest absolute Gasteiger partial charge is 0.323 e. The highest BCUT2D eigenvalue weighted by atomic mass is 19.1. The summed E-state index contributed by atoms with van der Waals surface area (Å²) in [6, 6.07) is 6.98. The van der Waals surface area contributed by atoms with Gasteiger partial charge in [0.1, 0.15) is 18.4 Å². The maximum atomic E-state index is 13.8. The second-order valence-electron chi connectivity index (χ2n) is 7.44. The van der Waals surface area contributed by atoms with E-state index in [1.807, 2.05) is 6.07 Å².